The smallest absolute Gasteiger partial charge is 0.340 e. The van der Waals surface area contributed by atoms with E-state index in [2.05, 4.69) is 29.7 Å². The van der Waals surface area contributed by atoms with Crippen LogP contribution in [0, 0.1) is 20.8 Å². The summed E-state index contributed by atoms with van der Waals surface area (Å²) in [6, 6.07) is 17.3. The molecule has 4 rings (SSSR count). The van der Waals surface area contributed by atoms with Gasteiger partial charge in [0, 0.05) is 27.8 Å². The largest absolute Gasteiger partial charge is 0.465 e. The zero-order valence-corrected chi connectivity index (χ0v) is 20.0. The average molecular weight is 461 g/mol. The zero-order chi connectivity index (χ0) is 23.9. The van der Waals surface area contributed by atoms with Gasteiger partial charge in [-0.3, -0.25) is 9.69 Å². The number of hydrogen-bond donors (Lipinski definition) is 0. The number of hydrogen-bond acceptors (Lipinski definition) is 3. The molecule has 1 aliphatic rings. The lowest BCUT2D eigenvalue weighted by Gasteiger charge is -2.18. The van der Waals surface area contributed by atoms with Crippen molar-refractivity contribution < 1.29 is 14.3 Å². The van der Waals surface area contributed by atoms with Gasteiger partial charge in [0.1, 0.15) is 0 Å². The number of esters is 1. The van der Waals surface area contributed by atoms with Gasteiger partial charge in [-0.05, 0) is 81.3 Å². The molecule has 0 saturated heterocycles. The Morgan fingerprint density at radius 2 is 1.67 bits per heavy atom. The number of allylic oxidation sites excluding steroid dienone is 1. The zero-order valence-electron chi connectivity index (χ0n) is 19.3. The molecule has 2 heterocycles. The minimum Gasteiger partial charge on any atom is -0.465 e. The number of aromatic nitrogens is 1. The Bertz CT molecular complexity index is 1350. The summed E-state index contributed by atoms with van der Waals surface area (Å²) in [7, 11) is 1.32. The minimum absolute atomic E-state index is 0.253. The van der Waals surface area contributed by atoms with E-state index in [-0.39, 0.29) is 11.5 Å². The van der Waals surface area contributed by atoms with Crippen LogP contribution in [0.3, 0.4) is 0 Å². The van der Waals surface area contributed by atoms with Crippen molar-refractivity contribution in [2.45, 2.75) is 27.7 Å². The highest BCUT2D eigenvalue weighted by molar-refractivity contribution is 6.31. The molecular weight excluding hydrogens is 436 g/mol. The van der Waals surface area contributed by atoms with E-state index >= 15 is 0 Å². The van der Waals surface area contributed by atoms with Crippen molar-refractivity contribution >= 4 is 35.2 Å². The molecule has 0 bridgehead atoms. The topological polar surface area (TPSA) is 51.5 Å². The van der Waals surface area contributed by atoms with Gasteiger partial charge in [-0.15, -0.1) is 0 Å². The predicted octanol–water partition coefficient (Wildman–Crippen LogP) is 5.93. The van der Waals surface area contributed by atoms with Crippen LogP contribution in [0.4, 0.5) is 5.69 Å². The quantitative estimate of drug-likeness (QED) is 0.358. The van der Waals surface area contributed by atoms with Crippen LogP contribution in [-0.4, -0.2) is 23.6 Å². The van der Waals surface area contributed by atoms with Crippen LogP contribution in [0.15, 0.2) is 71.4 Å². The number of rotatable bonds is 4. The Balaban J connectivity index is 1.86. The highest BCUT2D eigenvalue weighted by atomic mass is 35.5. The van der Waals surface area contributed by atoms with E-state index in [0.717, 1.165) is 28.2 Å². The Labute approximate surface area is 198 Å². The monoisotopic (exact) mass is 460 g/mol. The van der Waals surface area contributed by atoms with Crippen molar-refractivity contribution in [3.63, 3.8) is 0 Å². The highest BCUT2D eigenvalue weighted by Crippen LogP contribution is 2.37. The van der Waals surface area contributed by atoms with Gasteiger partial charge in [-0.25, -0.2) is 4.79 Å². The number of ether oxygens (including phenoxy) is 1. The number of halogens is 1. The first-order valence-electron chi connectivity index (χ1n) is 10.6. The second-order valence-corrected chi connectivity index (χ2v) is 8.57. The summed E-state index contributed by atoms with van der Waals surface area (Å²) in [5.74, 6) is -0.848. The molecule has 0 spiro atoms. The number of carbonyl (C=O) groups is 2. The lowest BCUT2D eigenvalue weighted by atomic mass is 10.0. The van der Waals surface area contributed by atoms with Gasteiger partial charge < -0.3 is 9.30 Å². The third-order valence-electron chi connectivity index (χ3n) is 5.89. The first-order valence-corrected chi connectivity index (χ1v) is 11.0. The van der Waals surface area contributed by atoms with Crippen molar-refractivity contribution in [3.05, 3.63) is 99.0 Å². The summed E-state index contributed by atoms with van der Waals surface area (Å²) in [4.78, 5) is 27.7. The van der Waals surface area contributed by atoms with Crippen LogP contribution in [-0.2, 0) is 14.3 Å². The summed E-state index contributed by atoms with van der Waals surface area (Å²) in [5, 5.41) is 0.506. The second kappa shape index (κ2) is 8.75. The highest BCUT2D eigenvalue weighted by Gasteiger charge is 2.38. The van der Waals surface area contributed by atoms with Crippen LogP contribution in [0.5, 0.6) is 0 Å². The van der Waals surface area contributed by atoms with E-state index in [0.29, 0.717) is 22.0 Å². The minimum atomic E-state index is -0.552. The second-order valence-electron chi connectivity index (χ2n) is 8.13. The van der Waals surface area contributed by atoms with Gasteiger partial charge in [0.25, 0.3) is 5.91 Å². The summed E-state index contributed by atoms with van der Waals surface area (Å²) in [6.45, 7) is 7.82. The molecule has 0 fully saturated rings. The molecular formula is C27H25ClN2O3. The first kappa shape index (κ1) is 22.6. The third kappa shape index (κ3) is 4.00. The maximum atomic E-state index is 13.5. The Hall–Kier alpha value is -3.57. The van der Waals surface area contributed by atoms with E-state index < -0.39 is 5.97 Å². The van der Waals surface area contributed by atoms with Crippen LogP contribution >= 0.6 is 11.6 Å². The Morgan fingerprint density at radius 1 is 0.970 bits per heavy atom. The molecule has 0 N–H and O–H groups in total. The number of benzene rings is 2. The van der Waals surface area contributed by atoms with Gasteiger partial charge in [0.05, 0.1) is 23.9 Å². The number of aryl methyl sites for hydroxylation is 2. The van der Waals surface area contributed by atoms with Crippen molar-refractivity contribution in [2.75, 3.05) is 12.0 Å². The third-order valence-corrected chi connectivity index (χ3v) is 6.12. The molecule has 33 heavy (non-hydrogen) atoms. The predicted molar refractivity (Wildman–Crippen MR) is 132 cm³/mol. The molecule has 3 aromatic rings. The lowest BCUT2D eigenvalue weighted by molar-refractivity contribution is -0.136. The van der Waals surface area contributed by atoms with Crippen LogP contribution in [0.1, 0.15) is 29.4 Å². The van der Waals surface area contributed by atoms with Gasteiger partial charge in [0.2, 0.25) is 0 Å². The van der Waals surface area contributed by atoms with E-state index in [1.54, 1.807) is 37.3 Å². The average Bonchev–Trinajstić information content (AvgIpc) is 3.19. The van der Waals surface area contributed by atoms with E-state index in [4.69, 9.17) is 16.3 Å². The fourth-order valence-corrected chi connectivity index (χ4v) is 4.54. The van der Waals surface area contributed by atoms with E-state index in [9.17, 15) is 9.59 Å². The number of methoxy groups -OCH3 is 1. The fourth-order valence-electron chi connectivity index (χ4n) is 4.36. The van der Waals surface area contributed by atoms with Crippen molar-refractivity contribution in [3.8, 4) is 5.69 Å². The van der Waals surface area contributed by atoms with Crippen molar-refractivity contribution in [2.24, 2.45) is 0 Å². The molecule has 1 amide bonds. The van der Waals surface area contributed by atoms with Crippen molar-refractivity contribution in [1.29, 1.82) is 0 Å². The number of amides is 1. The lowest BCUT2D eigenvalue weighted by Crippen LogP contribution is -2.24. The molecule has 0 atom stereocenters. The van der Waals surface area contributed by atoms with Gasteiger partial charge >= 0.3 is 5.97 Å². The van der Waals surface area contributed by atoms with Gasteiger partial charge in [-0.2, -0.15) is 0 Å². The normalized spacial score (nSPS) is 15.0. The maximum absolute atomic E-state index is 13.5. The molecule has 1 aromatic heterocycles. The first-order chi connectivity index (χ1) is 15.7. The standard InChI is InChI=1S/C27H25ClN2O3/c1-16-8-6-10-22(12-16)29-17(2)13-20(18(29)3)14-24-25(27(32)33-5)19(4)30(26(24)31)23-11-7-9-21(28)15-23/h6-15H,1-5H3/b24-14-. The Kier molecular flexibility index (Phi) is 6.00. The number of carbonyl (C=O) groups excluding carboxylic acids is 2. The van der Waals surface area contributed by atoms with E-state index in [1.165, 1.54) is 12.0 Å². The van der Waals surface area contributed by atoms with E-state index in [1.807, 2.05) is 26.0 Å². The molecule has 0 unspecified atom stereocenters. The summed E-state index contributed by atoms with van der Waals surface area (Å²) >= 11 is 6.16. The summed E-state index contributed by atoms with van der Waals surface area (Å²) < 4.78 is 7.16. The fraction of sp³-hybridized carbons (Fsp3) is 0.185. The molecule has 0 aliphatic carbocycles. The number of anilines is 1. The van der Waals surface area contributed by atoms with Gasteiger partial charge in [-0.1, -0.05) is 29.8 Å². The van der Waals surface area contributed by atoms with Crippen molar-refractivity contribution in [1.82, 2.24) is 4.57 Å². The molecule has 6 heteroatoms. The SMILES string of the molecule is COC(=O)C1=C(C)N(c2cccc(Cl)c2)C(=O)/C1=C\c1cc(C)n(-c2cccc(C)c2)c1C. The molecule has 168 valence electrons. The molecule has 5 nitrogen and oxygen atoms in total. The molecule has 1 aliphatic heterocycles. The molecule has 2 aromatic carbocycles. The van der Waals surface area contributed by atoms with Crippen LogP contribution < -0.4 is 4.90 Å². The molecule has 0 radical (unpaired) electrons. The Morgan fingerprint density at radius 3 is 2.33 bits per heavy atom. The maximum Gasteiger partial charge on any atom is 0.340 e. The molecule has 0 saturated carbocycles. The van der Waals surface area contributed by atoms with Crippen LogP contribution in [0.25, 0.3) is 11.8 Å². The summed E-state index contributed by atoms with van der Waals surface area (Å²) in [6.07, 6.45) is 1.78. The van der Waals surface area contributed by atoms with Gasteiger partial charge in [0.15, 0.2) is 0 Å². The summed E-state index contributed by atoms with van der Waals surface area (Å²) in [5.41, 5.74) is 6.73. The number of nitrogens with zero attached hydrogens (tertiary/aromatic N) is 2. The van der Waals surface area contributed by atoms with Crippen LogP contribution in [0.2, 0.25) is 5.02 Å².